The van der Waals surface area contributed by atoms with Crippen molar-refractivity contribution in [1.82, 2.24) is 4.98 Å². The zero-order valence-electron chi connectivity index (χ0n) is 11.1. The van der Waals surface area contributed by atoms with Crippen LogP contribution < -0.4 is 11.1 Å². The summed E-state index contributed by atoms with van der Waals surface area (Å²) in [5, 5.41) is 3.11. The molecule has 1 aromatic carbocycles. The zero-order valence-corrected chi connectivity index (χ0v) is 11.1. The molecule has 98 valence electrons. The average molecular weight is 255 g/mol. The number of nitrogens with two attached hydrogens (primary N) is 1. The molecule has 19 heavy (non-hydrogen) atoms. The maximum Gasteiger partial charge on any atom is 0.252 e. The molecule has 4 nitrogen and oxygen atoms in total. The number of aromatic nitrogens is 1. The maximum atomic E-state index is 11.3. The van der Waals surface area contributed by atoms with E-state index in [0.29, 0.717) is 17.3 Å². The molecule has 1 aromatic heterocycles. The van der Waals surface area contributed by atoms with Crippen molar-refractivity contribution in [1.29, 1.82) is 0 Å². The number of benzene rings is 1. The van der Waals surface area contributed by atoms with Gasteiger partial charge in [0.25, 0.3) is 5.91 Å². The van der Waals surface area contributed by atoms with Crippen molar-refractivity contribution < 1.29 is 4.79 Å². The number of nitrogens with one attached hydrogen (secondary N) is 1. The Kier molecular flexibility index (Phi) is 3.80. The molecule has 2 aromatic rings. The van der Waals surface area contributed by atoms with E-state index in [1.807, 2.05) is 12.1 Å². The molecule has 0 fully saturated rings. The van der Waals surface area contributed by atoms with Gasteiger partial charge in [0.05, 0.1) is 5.56 Å². The predicted octanol–water partition coefficient (Wildman–Crippen LogP) is 3.05. The Balaban J connectivity index is 2.24. The van der Waals surface area contributed by atoms with Gasteiger partial charge in [-0.25, -0.2) is 4.98 Å². The molecule has 0 aliphatic heterocycles. The fraction of sp³-hybridized carbons (Fsp3) is 0.200. The van der Waals surface area contributed by atoms with Gasteiger partial charge in [-0.2, -0.15) is 0 Å². The Labute approximate surface area is 112 Å². The molecule has 0 unspecified atom stereocenters. The van der Waals surface area contributed by atoms with Crippen LogP contribution in [0.5, 0.6) is 0 Å². The highest BCUT2D eigenvalue weighted by Crippen LogP contribution is 2.21. The number of amides is 1. The van der Waals surface area contributed by atoms with Crippen LogP contribution in [0.3, 0.4) is 0 Å². The molecule has 0 radical (unpaired) electrons. The number of primary amides is 1. The van der Waals surface area contributed by atoms with Crippen LogP contribution in [0.1, 0.15) is 35.7 Å². The van der Waals surface area contributed by atoms with E-state index in [2.05, 4.69) is 36.3 Å². The molecule has 3 N–H and O–H groups in total. The van der Waals surface area contributed by atoms with E-state index in [9.17, 15) is 4.79 Å². The highest BCUT2D eigenvalue weighted by molar-refractivity contribution is 5.98. The standard InChI is InChI=1S/C15H17N3O/c1-10(2)11-5-7-12(8-6-11)18-15-13(14(16)19)4-3-9-17-15/h3-10H,1-2H3,(H2,16,19)(H,17,18). The first kappa shape index (κ1) is 13.1. The first-order chi connectivity index (χ1) is 9.08. The molecule has 1 amide bonds. The summed E-state index contributed by atoms with van der Waals surface area (Å²) in [6.45, 7) is 4.29. The fourth-order valence-electron chi connectivity index (χ4n) is 1.79. The SMILES string of the molecule is CC(C)c1ccc(Nc2ncccc2C(N)=O)cc1. The van der Waals surface area contributed by atoms with Gasteiger partial charge in [-0.3, -0.25) is 4.79 Å². The molecule has 2 rings (SSSR count). The normalized spacial score (nSPS) is 10.5. The lowest BCUT2D eigenvalue weighted by Gasteiger charge is -2.10. The minimum absolute atomic E-state index is 0.385. The summed E-state index contributed by atoms with van der Waals surface area (Å²) in [6.07, 6.45) is 1.62. The third-order valence-electron chi connectivity index (χ3n) is 2.91. The topological polar surface area (TPSA) is 68.0 Å². The first-order valence-electron chi connectivity index (χ1n) is 6.19. The lowest BCUT2D eigenvalue weighted by molar-refractivity contribution is 0.100. The smallest absolute Gasteiger partial charge is 0.252 e. The van der Waals surface area contributed by atoms with Gasteiger partial charge in [0.1, 0.15) is 5.82 Å². The van der Waals surface area contributed by atoms with Crippen molar-refractivity contribution in [3.05, 3.63) is 53.7 Å². The summed E-state index contributed by atoms with van der Waals surface area (Å²) >= 11 is 0. The van der Waals surface area contributed by atoms with Crippen molar-refractivity contribution in [3.8, 4) is 0 Å². The minimum Gasteiger partial charge on any atom is -0.365 e. The van der Waals surface area contributed by atoms with E-state index in [1.165, 1.54) is 5.56 Å². The highest BCUT2D eigenvalue weighted by atomic mass is 16.1. The summed E-state index contributed by atoms with van der Waals surface area (Å²) < 4.78 is 0. The maximum absolute atomic E-state index is 11.3. The summed E-state index contributed by atoms with van der Waals surface area (Å²) in [7, 11) is 0. The number of nitrogens with zero attached hydrogens (tertiary/aromatic N) is 1. The van der Waals surface area contributed by atoms with Gasteiger partial charge in [0.2, 0.25) is 0 Å². The summed E-state index contributed by atoms with van der Waals surface area (Å²) in [5.74, 6) is 0.478. The second-order valence-corrected chi connectivity index (χ2v) is 4.67. The molecular formula is C15H17N3O. The van der Waals surface area contributed by atoms with Gasteiger partial charge in [0, 0.05) is 11.9 Å². The number of rotatable bonds is 4. The van der Waals surface area contributed by atoms with Crippen LogP contribution in [0.4, 0.5) is 11.5 Å². The molecule has 4 heteroatoms. The number of carbonyl (C=O) groups excluding carboxylic acids is 1. The van der Waals surface area contributed by atoms with E-state index in [-0.39, 0.29) is 0 Å². The monoisotopic (exact) mass is 255 g/mol. The van der Waals surface area contributed by atoms with E-state index in [0.717, 1.165) is 5.69 Å². The summed E-state index contributed by atoms with van der Waals surface area (Å²) in [6, 6.07) is 11.4. The Bertz CT molecular complexity index is 576. The van der Waals surface area contributed by atoms with Gasteiger partial charge in [-0.05, 0) is 35.7 Å². The largest absolute Gasteiger partial charge is 0.365 e. The minimum atomic E-state index is -0.491. The van der Waals surface area contributed by atoms with E-state index in [1.54, 1.807) is 18.3 Å². The van der Waals surface area contributed by atoms with Crippen molar-refractivity contribution in [2.45, 2.75) is 19.8 Å². The Hall–Kier alpha value is -2.36. The Morgan fingerprint density at radius 1 is 1.21 bits per heavy atom. The molecule has 0 saturated carbocycles. The Morgan fingerprint density at radius 3 is 2.47 bits per heavy atom. The van der Waals surface area contributed by atoms with Crippen molar-refractivity contribution >= 4 is 17.4 Å². The number of hydrogen-bond donors (Lipinski definition) is 2. The van der Waals surface area contributed by atoms with Gasteiger partial charge >= 0.3 is 0 Å². The van der Waals surface area contributed by atoms with Crippen LogP contribution in [0.25, 0.3) is 0 Å². The van der Waals surface area contributed by atoms with Gasteiger partial charge in [0.15, 0.2) is 0 Å². The van der Waals surface area contributed by atoms with Crippen LogP contribution >= 0.6 is 0 Å². The third kappa shape index (κ3) is 3.10. The number of carbonyl (C=O) groups is 1. The molecule has 0 aliphatic carbocycles. The fourth-order valence-corrected chi connectivity index (χ4v) is 1.79. The van der Waals surface area contributed by atoms with E-state index >= 15 is 0 Å². The zero-order chi connectivity index (χ0) is 13.8. The van der Waals surface area contributed by atoms with Crippen LogP contribution in [0.2, 0.25) is 0 Å². The molecule has 0 bridgehead atoms. The van der Waals surface area contributed by atoms with Crippen molar-refractivity contribution in [2.24, 2.45) is 5.73 Å². The van der Waals surface area contributed by atoms with Gasteiger partial charge < -0.3 is 11.1 Å². The average Bonchev–Trinajstić information content (AvgIpc) is 2.39. The second kappa shape index (κ2) is 5.52. The second-order valence-electron chi connectivity index (χ2n) is 4.67. The molecular weight excluding hydrogens is 238 g/mol. The molecule has 0 saturated heterocycles. The number of hydrogen-bond acceptors (Lipinski definition) is 3. The summed E-state index contributed by atoms with van der Waals surface area (Å²) in [4.78, 5) is 15.4. The van der Waals surface area contributed by atoms with Crippen molar-refractivity contribution in [3.63, 3.8) is 0 Å². The highest BCUT2D eigenvalue weighted by Gasteiger charge is 2.08. The molecule has 0 spiro atoms. The third-order valence-corrected chi connectivity index (χ3v) is 2.91. The van der Waals surface area contributed by atoms with E-state index < -0.39 is 5.91 Å². The van der Waals surface area contributed by atoms with Gasteiger partial charge in [-0.15, -0.1) is 0 Å². The lowest BCUT2D eigenvalue weighted by atomic mass is 10.0. The summed E-state index contributed by atoms with van der Waals surface area (Å²) in [5.41, 5.74) is 7.84. The number of anilines is 2. The number of pyridine rings is 1. The van der Waals surface area contributed by atoms with E-state index in [4.69, 9.17) is 5.73 Å². The van der Waals surface area contributed by atoms with Crippen LogP contribution in [-0.2, 0) is 0 Å². The van der Waals surface area contributed by atoms with Crippen molar-refractivity contribution in [2.75, 3.05) is 5.32 Å². The van der Waals surface area contributed by atoms with Gasteiger partial charge in [-0.1, -0.05) is 26.0 Å². The first-order valence-corrected chi connectivity index (χ1v) is 6.19. The quantitative estimate of drug-likeness (QED) is 0.882. The lowest BCUT2D eigenvalue weighted by Crippen LogP contribution is -2.14. The Morgan fingerprint density at radius 2 is 1.89 bits per heavy atom. The molecule has 0 atom stereocenters. The van der Waals surface area contributed by atoms with Crippen LogP contribution in [0, 0.1) is 0 Å². The van der Waals surface area contributed by atoms with Crippen LogP contribution in [0.15, 0.2) is 42.6 Å². The molecule has 1 heterocycles. The van der Waals surface area contributed by atoms with Crippen LogP contribution in [-0.4, -0.2) is 10.9 Å². The molecule has 0 aliphatic rings. The predicted molar refractivity (Wildman–Crippen MR) is 76.6 cm³/mol.